The van der Waals surface area contributed by atoms with Crippen LogP contribution in [0.4, 0.5) is 0 Å². The van der Waals surface area contributed by atoms with E-state index in [1.807, 2.05) is 12.1 Å². The zero-order valence-electron chi connectivity index (χ0n) is 14.9. The normalized spacial score (nSPS) is 10.9. The molecule has 1 aromatic carbocycles. The molecule has 0 aliphatic heterocycles. The average molecular weight is 393 g/mol. The molecule has 0 aliphatic rings. The molecule has 0 unspecified atom stereocenters. The van der Waals surface area contributed by atoms with Gasteiger partial charge in [-0.2, -0.15) is 0 Å². The second-order valence-corrected chi connectivity index (χ2v) is 7.62. The molecule has 0 atom stereocenters. The molecule has 0 N–H and O–H groups in total. The molecule has 1 aromatic heterocycles. The van der Waals surface area contributed by atoms with Gasteiger partial charge < -0.3 is 0 Å². The minimum absolute atomic E-state index is 0.194. The van der Waals surface area contributed by atoms with E-state index < -0.39 is 0 Å². The van der Waals surface area contributed by atoms with Gasteiger partial charge in [0.05, 0.1) is 0 Å². The van der Waals surface area contributed by atoms with Crippen LogP contribution in [0.15, 0.2) is 29.2 Å². The Bertz CT molecular complexity index is 525. The van der Waals surface area contributed by atoms with Crippen molar-refractivity contribution in [2.75, 3.05) is 6.61 Å². The molecule has 0 saturated carbocycles. The van der Waals surface area contributed by atoms with Crippen molar-refractivity contribution in [1.82, 2.24) is 9.19 Å². The SMILES string of the molecule is CCCCCCCCCCCCOc1ccc(-c2c[se]nn2)cc1. The Balaban J connectivity index is 1.47. The van der Waals surface area contributed by atoms with Gasteiger partial charge in [-0.05, 0) is 0 Å². The Kier molecular flexibility index (Phi) is 9.82. The summed E-state index contributed by atoms with van der Waals surface area (Å²) in [5, 5.41) is 4.14. The number of unbranched alkanes of at least 4 members (excludes halogenated alkanes) is 9. The first-order valence-electron chi connectivity index (χ1n) is 9.40. The molecule has 2 rings (SSSR count). The molecule has 132 valence electrons. The summed E-state index contributed by atoms with van der Waals surface area (Å²) in [7, 11) is 0. The molecule has 0 amide bonds. The summed E-state index contributed by atoms with van der Waals surface area (Å²) in [6.07, 6.45) is 13.6. The Morgan fingerprint density at radius 1 is 0.833 bits per heavy atom. The van der Waals surface area contributed by atoms with Crippen LogP contribution >= 0.6 is 0 Å². The summed E-state index contributed by atoms with van der Waals surface area (Å²) in [6, 6.07) is 8.21. The van der Waals surface area contributed by atoms with Crippen LogP contribution in [0.2, 0.25) is 0 Å². The van der Waals surface area contributed by atoms with Crippen LogP contribution in [0, 0.1) is 0 Å². The first kappa shape index (κ1) is 19.2. The number of hydrogen-bond acceptors (Lipinski definition) is 3. The number of ether oxygens (including phenoxy) is 1. The van der Waals surface area contributed by atoms with Crippen molar-refractivity contribution in [2.24, 2.45) is 0 Å². The molecule has 2 aromatic rings. The summed E-state index contributed by atoms with van der Waals surface area (Å²) < 4.78 is 9.86. The zero-order chi connectivity index (χ0) is 16.9. The third kappa shape index (κ3) is 7.63. The molecule has 0 bridgehead atoms. The van der Waals surface area contributed by atoms with Crippen molar-refractivity contribution in [3.8, 4) is 17.0 Å². The van der Waals surface area contributed by atoms with Crippen LogP contribution in [-0.2, 0) is 0 Å². The van der Waals surface area contributed by atoms with Crippen molar-refractivity contribution in [3.05, 3.63) is 29.2 Å². The number of nitrogens with zero attached hydrogens (tertiary/aromatic N) is 2. The fourth-order valence-electron chi connectivity index (χ4n) is 2.79. The number of rotatable bonds is 13. The number of benzene rings is 1. The molecule has 0 radical (unpaired) electrons. The van der Waals surface area contributed by atoms with Crippen LogP contribution in [0.25, 0.3) is 11.3 Å². The van der Waals surface area contributed by atoms with E-state index in [1.165, 1.54) is 57.8 Å². The molecule has 0 fully saturated rings. The predicted molar refractivity (Wildman–Crippen MR) is 102 cm³/mol. The Morgan fingerprint density at radius 2 is 1.46 bits per heavy atom. The summed E-state index contributed by atoms with van der Waals surface area (Å²) >= 11 is 0.194. The molecule has 0 saturated heterocycles. The fraction of sp³-hybridized carbons (Fsp3) is 0.600. The molecule has 4 heteroatoms. The molecular weight excluding hydrogens is 363 g/mol. The number of hydrogen-bond donors (Lipinski definition) is 0. The third-order valence-corrected chi connectivity index (χ3v) is 5.34. The number of aromatic nitrogens is 2. The van der Waals surface area contributed by atoms with Gasteiger partial charge in [0.25, 0.3) is 0 Å². The van der Waals surface area contributed by atoms with E-state index in [0.29, 0.717) is 0 Å². The van der Waals surface area contributed by atoms with Gasteiger partial charge in [-0.1, -0.05) is 45.4 Å². The quantitative estimate of drug-likeness (QED) is 0.333. The van der Waals surface area contributed by atoms with E-state index in [4.69, 9.17) is 4.74 Å². The van der Waals surface area contributed by atoms with E-state index in [0.717, 1.165) is 30.0 Å². The summed E-state index contributed by atoms with van der Waals surface area (Å²) in [6.45, 7) is 3.09. The van der Waals surface area contributed by atoms with Crippen molar-refractivity contribution in [2.45, 2.75) is 71.1 Å². The average Bonchev–Trinajstić information content (AvgIpc) is 3.15. The third-order valence-electron chi connectivity index (χ3n) is 4.28. The van der Waals surface area contributed by atoms with Gasteiger partial charge in [-0.25, -0.2) is 0 Å². The molecule has 3 nitrogen and oxygen atoms in total. The molecular formula is C20H30N2OSe. The summed E-state index contributed by atoms with van der Waals surface area (Å²) in [5.74, 6) is 0.954. The molecule has 0 aliphatic carbocycles. The van der Waals surface area contributed by atoms with Crippen molar-refractivity contribution in [1.29, 1.82) is 0 Å². The summed E-state index contributed by atoms with van der Waals surface area (Å²) in [5.41, 5.74) is 2.13. The Labute approximate surface area is 152 Å². The van der Waals surface area contributed by atoms with E-state index in [9.17, 15) is 0 Å². The monoisotopic (exact) mass is 394 g/mol. The van der Waals surface area contributed by atoms with Crippen molar-refractivity contribution >= 4 is 14.7 Å². The standard InChI is InChI=1S/C20H30N2OSe/c1-2-3-4-5-6-7-8-9-10-11-16-23-19-14-12-18(13-15-19)20-17-24-22-21-20/h12-15,17H,2-11,16H2,1H3. The second-order valence-electron chi connectivity index (χ2n) is 6.34. The van der Waals surface area contributed by atoms with Crippen LogP contribution in [0.5, 0.6) is 5.75 Å². The topological polar surface area (TPSA) is 35.0 Å². The van der Waals surface area contributed by atoms with Gasteiger partial charge in [0.2, 0.25) is 0 Å². The Hall–Kier alpha value is -1.12. The van der Waals surface area contributed by atoms with Gasteiger partial charge in [-0.15, -0.1) is 0 Å². The van der Waals surface area contributed by atoms with Gasteiger partial charge in [0, 0.05) is 0 Å². The van der Waals surface area contributed by atoms with Crippen LogP contribution in [-0.4, -0.2) is 30.5 Å². The van der Waals surface area contributed by atoms with Gasteiger partial charge >= 0.3 is 107 Å². The zero-order valence-corrected chi connectivity index (χ0v) is 16.6. The maximum absolute atomic E-state index is 5.83. The molecule has 1 heterocycles. The Morgan fingerprint density at radius 3 is 2.04 bits per heavy atom. The van der Waals surface area contributed by atoms with Crippen molar-refractivity contribution < 1.29 is 4.74 Å². The van der Waals surface area contributed by atoms with Crippen LogP contribution < -0.4 is 4.74 Å². The fourth-order valence-corrected chi connectivity index (χ4v) is 3.77. The summed E-state index contributed by atoms with van der Waals surface area (Å²) in [4.78, 5) is 2.10. The first-order valence-corrected chi connectivity index (χ1v) is 11.2. The van der Waals surface area contributed by atoms with E-state index >= 15 is 0 Å². The second kappa shape index (κ2) is 12.3. The van der Waals surface area contributed by atoms with Gasteiger partial charge in [-0.3, -0.25) is 0 Å². The predicted octanol–water partition coefficient (Wildman–Crippen LogP) is 5.50. The van der Waals surface area contributed by atoms with Gasteiger partial charge in [0.1, 0.15) is 0 Å². The minimum atomic E-state index is 0.194. The van der Waals surface area contributed by atoms with E-state index in [-0.39, 0.29) is 14.7 Å². The van der Waals surface area contributed by atoms with Crippen LogP contribution in [0.3, 0.4) is 0 Å². The molecule has 0 spiro atoms. The first-order chi connectivity index (χ1) is 11.9. The van der Waals surface area contributed by atoms with Crippen molar-refractivity contribution in [3.63, 3.8) is 0 Å². The van der Waals surface area contributed by atoms with E-state index in [2.05, 4.69) is 33.2 Å². The van der Waals surface area contributed by atoms with Crippen LogP contribution in [0.1, 0.15) is 71.1 Å². The maximum atomic E-state index is 5.83. The molecule has 24 heavy (non-hydrogen) atoms. The van der Waals surface area contributed by atoms with E-state index in [1.54, 1.807) is 0 Å². The van der Waals surface area contributed by atoms with Gasteiger partial charge in [0.15, 0.2) is 0 Å².